The SMILES string of the molecule is CCC(=O)NC(c1ccc(C#N)c(C(F)(F)F)c1)n1cc(C#CC2CNC2)cn1. The summed E-state index contributed by atoms with van der Waals surface area (Å²) >= 11 is 0. The third-order valence-electron chi connectivity index (χ3n) is 4.47. The molecule has 150 valence electrons. The third-order valence-corrected chi connectivity index (χ3v) is 4.47. The summed E-state index contributed by atoms with van der Waals surface area (Å²) in [5.41, 5.74) is -0.790. The molecule has 1 amide bonds. The van der Waals surface area contributed by atoms with Crippen molar-refractivity contribution in [1.29, 1.82) is 5.26 Å². The van der Waals surface area contributed by atoms with Crippen molar-refractivity contribution in [3.63, 3.8) is 0 Å². The van der Waals surface area contributed by atoms with Crippen molar-refractivity contribution in [2.75, 3.05) is 13.1 Å². The van der Waals surface area contributed by atoms with Gasteiger partial charge in [-0.2, -0.15) is 23.5 Å². The Labute approximate surface area is 165 Å². The van der Waals surface area contributed by atoms with Crippen molar-refractivity contribution >= 4 is 5.91 Å². The van der Waals surface area contributed by atoms with Gasteiger partial charge in [0.2, 0.25) is 5.91 Å². The molecule has 2 heterocycles. The molecule has 6 nitrogen and oxygen atoms in total. The Hall–Kier alpha value is -3.30. The summed E-state index contributed by atoms with van der Waals surface area (Å²) in [6, 6.07) is 4.89. The zero-order valence-corrected chi connectivity index (χ0v) is 15.5. The second-order valence-electron chi connectivity index (χ2n) is 6.57. The molecule has 1 aliphatic heterocycles. The Morgan fingerprint density at radius 3 is 2.79 bits per heavy atom. The molecule has 0 spiro atoms. The Balaban J connectivity index is 1.98. The number of nitriles is 1. The zero-order chi connectivity index (χ0) is 21.0. The van der Waals surface area contributed by atoms with Crippen molar-refractivity contribution in [3.05, 3.63) is 52.8 Å². The van der Waals surface area contributed by atoms with Crippen LogP contribution in [0.25, 0.3) is 0 Å². The molecule has 3 rings (SSSR count). The molecule has 2 aromatic rings. The number of benzene rings is 1. The maximum Gasteiger partial charge on any atom is 0.417 e. The fourth-order valence-electron chi connectivity index (χ4n) is 2.74. The fraction of sp³-hybridized carbons (Fsp3) is 0.350. The van der Waals surface area contributed by atoms with Crippen LogP contribution in [0.1, 0.15) is 41.8 Å². The molecule has 1 saturated heterocycles. The molecule has 0 bridgehead atoms. The lowest BCUT2D eigenvalue weighted by Gasteiger charge is -2.21. The topological polar surface area (TPSA) is 82.7 Å². The smallest absolute Gasteiger partial charge is 0.330 e. The van der Waals surface area contributed by atoms with Crippen molar-refractivity contribution in [1.82, 2.24) is 20.4 Å². The highest BCUT2D eigenvalue weighted by atomic mass is 19.4. The molecule has 0 radical (unpaired) electrons. The van der Waals surface area contributed by atoms with Gasteiger partial charge in [-0.1, -0.05) is 24.8 Å². The summed E-state index contributed by atoms with van der Waals surface area (Å²) in [7, 11) is 0. The zero-order valence-electron chi connectivity index (χ0n) is 15.5. The minimum Gasteiger partial charge on any atom is -0.330 e. The minimum absolute atomic E-state index is 0.154. The quantitative estimate of drug-likeness (QED) is 0.771. The van der Waals surface area contributed by atoms with E-state index in [-0.39, 0.29) is 23.8 Å². The number of carbonyl (C=O) groups is 1. The van der Waals surface area contributed by atoms with E-state index in [1.807, 2.05) is 0 Å². The standard InChI is InChI=1S/C20H18F3N5O/c1-2-18(29)27-19(15-5-6-16(8-24)17(7-15)20(21,22)23)28-12-14(11-26-28)4-3-13-9-25-10-13/h5-7,11-13,19,25H,2,9-10H2,1H3,(H,27,29). The number of nitrogens with zero attached hydrogens (tertiary/aromatic N) is 3. The summed E-state index contributed by atoms with van der Waals surface area (Å²) < 4.78 is 41.4. The van der Waals surface area contributed by atoms with E-state index < -0.39 is 23.5 Å². The number of carbonyl (C=O) groups excluding carboxylic acids is 1. The number of hydrogen-bond acceptors (Lipinski definition) is 4. The van der Waals surface area contributed by atoms with Gasteiger partial charge < -0.3 is 10.6 Å². The number of hydrogen-bond donors (Lipinski definition) is 2. The second kappa shape index (κ2) is 8.38. The molecule has 2 N–H and O–H groups in total. The van der Waals surface area contributed by atoms with Gasteiger partial charge in [-0.3, -0.25) is 4.79 Å². The lowest BCUT2D eigenvalue weighted by atomic mass is 10.0. The summed E-state index contributed by atoms with van der Waals surface area (Å²) in [6.07, 6.45) is -2.43. The van der Waals surface area contributed by atoms with Gasteiger partial charge >= 0.3 is 6.18 Å². The first kappa shape index (κ1) is 20.4. The van der Waals surface area contributed by atoms with E-state index in [9.17, 15) is 18.0 Å². The first-order chi connectivity index (χ1) is 13.8. The van der Waals surface area contributed by atoms with Crippen molar-refractivity contribution in [3.8, 4) is 17.9 Å². The van der Waals surface area contributed by atoms with Gasteiger partial charge in [0.15, 0.2) is 0 Å². The Kier molecular flexibility index (Phi) is 5.90. The highest BCUT2D eigenvalue weighted by Gasteiger charge is 2.34. The van der Waals surface area contributed by atoms with Crippen LogP contribution in [-0.4, -0.2) is 28.8 Å². The summed E-state index contributed by atoms with van der Waals surface area (Å²) in [5, 5.41) is 18.9. The average molecular weight is 401 g/mol. The van der Waals surface area contributed by atoms with Crippen LogP contribution in [0.4, 0.5) is 13.2 Å². The van der Waals surface area contributed by atoms with Crippen molar-refractivity contribution < 1.29 is 18.0 Å². The summed E-state index contributed by atoms with van der Waals surface area (Å²) in [6.45, 7) is 3.28. The van der Waals surface area contributed by atoms with Crippen LogP contribution >= 0.6 is 0 Å². The predicted molar refractivity (Wildman–Crippen MR) is 98.2 cm³/mol. The normalized spacial score (nSPS) is 14.9. The first-order valence-electron chi connectivity index (χ1n) is 8.98. The maximum absolute atomic E-state index is 13.3. The number of nitrogens with one attached hydrogen (secondary N) is 2. The van der Waals surface area contributed by atoms with E-state index >= 15 is 0 Å². The van der Waals surface area contributed by atoms with Gasteiger partial charge in [0.25, 0.3) is 0 Å². The lowest BCUT2D eigenvalue weighted by molar-refractivity contribution is -0.137. The van der Waals surface area contributed by atoms with Crippen LogP contribution in [0.3, 0.4) is 0 Å². The molecule has 1 aliphatic rings. The number of rotatable bonds is 4. The van der Waals surface area contributed by atoms with E-state index in [0.29, 0.717) is 5.56 Å². The van der Waals surface area contributed by atoms with Crippen LogP contribution in [0, 0.1) is 29.1 Å². The number of amides is 1. The van der Waals surface area contributed by atoms with Crippen LogP contribution < -0.4 is 10.6 Å². The summed E-state index contributed by atoms with van der Waals surface area (Å²) in [5.74, 6) is 5.99. The fourth-order valence-corrected chi connectivity index (χ4v) is 2.74. The number of aromatic nitrogens is 2. The highest BCUT2D eigenvalue weighted by molar-refractivity contribution is 5.76. The van der Waals surface area contributed by atoms with Crippen LogP contribution in [0.2, 0.25) is 0 Å². The molecule has 1 atom stereocenters. The molecule has 1 aromatic carbocycles. The van der Waals surface area contributed by atoms with Gasteiger partial charge in [-0.15, -0.1) is 0 Å². The van der Waals surface area contributed by atoms with E-state index in [2.05, 4.69) is 27.6 Å². The second-order valence-corrected chi connectivity index (χ2v) is 6.57. The molecule has 9 heteroatoms. The monoisotopic (exact) mass is 401 g/mol. The molecule has 0 aliphatic carbocycles. The van der Waals surface area contributed by atoms with Crippen LogP contribution in [0.5, 0.6) is 0 Å². The molecule has 0 saturated carbocycles. The molecule has 1 unspecified atom stereocenters. The highest BCUT2D eigenvalue weighted by Crippen LogP contribution is 2.33. The van der Waals surface area contributed by atoms with Crippen LogP contribution in [0.15, 0.2) is 30.6 Å². The van der Waals surface area contributed by atoms with Gasteiger partial charge in [0, 0.05) is 31.6 Å². The average Bonchev–Trinajstić information content (AvgIpc) is 3.12. The van der Waals surface area contributed by atoms with Crippen LogP contribution in [-0.2, 0) is 11.0 Å². The van der Waals surface area contributed by atoms with Gasteiger partial charge in [-0.25, -0.2) is 4.68 Å². The largest absolute Gasteiger partial charge is 0.417 e. The number of alkyl halides is 3. The van der Waals surface area contributed by atoms with E-state index in [0.717, 1.165) is 25.2 Å². The third kappa shape index (κ3) is 4.76. The van der Waals surface area contributed by atoms with Gasteiger partial charge in [-0.05, 0) is 17.7 Å². The maximum atomic E-state index is 13.3. The summed E-state index contributed by atoms with van der Waals surface area (Å²) in [4.78, 5) is 12.0. The lowest BCUT2D eigenvalue weighted by Crippen LogP contribution is -2.40. The van der Waals surface area contributed by atoms with E-state index in [4.69, 9.17) is 5.26 Å². The Morgan fingerprint density at radius 1 is 1.45 bits per heavy atom. The Bertz CT molecular complexity index is 1010. The molecular weight excluding hydrogens is 383 g/mol. The van der Waals surface area contributed by atoms with E-state index in [1.54, 1.807) is 19.2 Å². The molecule has 29 heavy (non-hydrogen) atoms. The molecule has 1 aromatic heterocycles. The van der Waals surface area contributed by atoms with Gasteiger partial charge in [0.1, 0.15) is 6.17 Å². The minimum atomic E-state index is -4.70. The van der Waals surface area contributed by atoms with Crippen molar-refractivity contribution in [2.45, 2.75) is 25.7 Å². The Morgan fingerprint density at radius 2 is 2.21 bits per heavy atom. The molecular formula is C20H18F3N5O. The molecule has 1 fully saturated rings. The van der Waals surface area contributed by atoms with Crippen molar-refractivity contribution in [2.24, 2.45) is 5.92 Å². The predicted octanol–water partition coefficient (Wildman–Crippen LogP) is 2.42. The van der Waals surface area contributed by atoms with Gasteiger partial charge in [0.05, 0.1) is 29.0 Å². The number of halogens is 3. The van der Waals surface area contributed by atoms with E-state index in [1.165, 1.54) is 16.9 Å². The first-order valence-corrected chi connectivity index (χ1v) is 8.98.